The molecule has 5 nitrogen and oxygen atoms in total. The molecule has 2 unspecified atom stereocenters. The van der Waals surface area contributed by atoms with Gasteiger partial charge in [-0.25, -0.2) is 9.59 Å². The minimum Gasteiger partial charge on any atom is -0.464 e. The Morgan fingerprint density at radius 1 is 1.41 bits per heavy atom. The van der Waals surface area contributed by atoms with Crippen LogP contribution in [0.25, 0.3) is 0 Å². The molecule has 1 amide bonds. The molecule has 90 valence electrons. The number of rotatable bonds is 3. The molecule has 17 heavy (non-hydrogen) atoms. The average Bonchev–Trinajstić information content (AvgIpc) is 2.73. The van der Waals surface area contributed by atoms with E-state index in [9.17, 15) is 9.59 Å². The van der Waals surface area contributed by atoms with Crippen molar-refractivity contribution in [2.45, 2.75) is 19.1 Å². The number of alkyl carbamates (subject to hydrolysis) is 1. The summed E-state index contributed by atoms with van der Waals surface area (Å²) in [6, 6.07) is 8.33. The van der Waals surface area contributed by atoms with Gasteiger partial charge in [0.2, 0.25) is 0 Å². The molecular formula is C12H13NO4. The van der Waals surface area contributed by atoms with Gasteiger partial charge in [0.05, 0.1) is 6.61 Å². The normalized spacial score (nSPS) is 22.8. The first-order chi connectivity index (χ1) is 8.22. The fourth-order valence-corrected chi connectivity index (χ4v) is 1.74. The molecule has 1 aromatic carbocycles. The van der Waals surface area contributed by atoms with E-state index in [0.29, 0.717) is 0 Å². The van der Waals surface area contributed by atoms with E-state index in [0.717, 1.165) is 5.56 Å². The van der Waals surface area contributed by atoms with E-state index in [1.807, 2.05) is 18.2 Å². The van der Waals surface area contributed by atoms with Gasteiger partial charge in [0, 0.05) is 0 Å². The minimum atomic E-state index is -0.773. The lowest BCUT2D eigenvalue weighted by atomic mass is 10.0. The molecule has 0 radical (unpaired) electrons. The quantitative estimate of drug-likeness (QED) is 0.804. The molecule has 1 aliphatic rings. The Morgan fingerprint density at radius 2 is 2.12 bits per heavy atom. The Bertz CT molecular complexity index is 418. The third-order valence-electron chi connectivity index (χ3n) is 2.48. The summed E-state index contributed by atoms with van der Waals surface area (Å²) >= 11 is 0. The maximum atomic E-state index is 11.7. The van der Waals surface area contributed by atoms with Crippen LogP contribution in [0.5, 0.6) is 0 Å². The number of hydrogen-bond acceptors (Lipinski definition) is 4. The summed E-state index contributed by atoms with van der Waals surface area (Å²) in [6.45, 7) is 1.99. The second-order valence-corrected chi connectivity index (χ2v) is 3.61. The van der Waals surface area contributed by atoms with Gasteiger partial charge in [-0.2, -0.15) is 0 Å². The molecule has 0 aromatic heterocycles. The largest absolute Gasteiger partial charge is 0.464 e. The van der Waals surface area contributed by atoms with Gasteiger partial charge in [-0.05, 0) is 12.5 Å². The van der Waals surface area contributed by atoms with Crippen LogP contribution < -0.4 is 5.32 Å². The van der Waals surface area contributed by atoms with Crippen LogP contribution in [-0.4, -0.2) is 24.7 Å². The van der Waals surface area contributed by atoms with Gasteiger partial charge in [0.1, 0.15) is 0 Å². The van der Waals surface area contributed by atoms with Crippen molar-refractivity contribution in [1.29, 1.82) is 0 Å². The van der Waals surface area contributed by atoms with Gasteiger partial charge < -0.3 is 14.8 Å². The van der Waals surface area contributed by atoms with Crippen molar-refractivity contribution in [3.8, 4) is 0 Å². The number of amides is 1. The molecule has 1 aliphatic heterocycles. The predicted octanol–water partition coefficient (Wildman–Crippen LogP) is 1.40. The van der Waals surface area contributed by atoms with Crippen LogP contribution in [-0.2, 0) is 14.3 Å². The van der Waals surface area contributed by atoms with Gasteiger partial charge in [-0.3, -0.25) is 0 Å². The zero-order valence-electron chi connectivity index (χ0n) is 9.38. The maximum absolute atomic E-state index is 11.7. The van der Waals surface area contributed by atoms with Crippen LogP contribution in [0.15, 0.2) is 30.3 Å². The first kappa shape index (κ1) is 11.4. The van der Waals surface area contributed by atoms with E-state index in [1.165, 1.54) is 0 Å². The molecule has 0 spiro atoms. The van der Waals surface area contributed by atoms with Gasteiger partial charge >= 0.3 is 12.1 Å². The molecule has 2 atom stereocenters. The number of hydrogen-bond donors (Lipinski definition) is 1. The summed E-state index contributed by atoms with van der Waals surface area (Å²) in [5, 5.41) is 2.45. The second kappa shape index (κ2) is 4.86. The fourth-order valence-electron chi connectivity index (χ4n) is 1.74. The van der Waals surface area contributed by atoms with Gasteiger partial charge in [0.25, 0.3) is 0 Å². The molecule has 0 aliphatic carbocycles. The van der Waals surface area contributed by atoms with Crippen molar-refractivity contribution in [2.75, 3.05) is 6.61 Å². The molecule has 1 heterocycles. The van der Waals surface area contributed by atoms with Crippen LogP contribution in [0.4, 0.5) is 4.79 Å². The lowest BCUT2D eigenvalue weighted by molar-refractivity contribution is -0.146. The number of benzene rings is 1. The SMILES string of the molecule is CCOC(=O)C1NC(=O)OC1c1ccccc1. The summed E-state index contributed by atoms with van der Waals surface area (Å²) in [6.07, 6.45) is -1.22. The Balaban J connectivity index is 2.20. The Hall–Kier alpha value is -2.04. The number of nitrogens with one attached hydrogen (secondary N) is 1. The van der Waals surface area contributed by atoms with E-state index < -0.39 is 24.2 Å². The maximum Gasteiger partial charge on any atom is 0.408 e. The highest BCUT2D eigenvalue weighted by Gasteiger charge is 2.41. The van der Waals surface area contributed by atoms with Crippen molar-refractivity contribution in [1.82, 2.24) is 5.32 Å². The minimum absolute atomic E-state index is 0.271. The van der Waals surface area contributed by atoms with E-state index >= 15 is 0 Å². The first-order valence-electron chi connectivity index (χ1n) is 5.41. The Labute approximate surface area is 98.7 Å². The van der Waals surface area contributed by atoms with Gasteiger partial charge in [0.15, 0.2) is 12.1 Å². The van der Waals surface area contributed by atoms with E-state index in [2.05, 4.69) is 5.32 Å². The average molecular weight is 235 g/mol. The van der Waals surface area contributed by atoms with Crippen LogP contribution in [0.1, 0.15) is 18.6 Å². The monoisotopic (exact) mass is 235 g/mol. The summed E-state index contributed by atoms with van der Waals surface area (Å²) in [5.74, 6) is -0.479. The van der Waals surface area contributed by atoms with Crippen molar-refractivity contribution >= 4 is 12.1 Å². The van der Waals surface area contributed by atoms with Crippen LogP contribution >= 0.6 is 0 Å². The molecule has 1 N–H and O–H groups in total. The molecule has 0 bridgehead atoms. The highest BCUT2D eigenvalue weighted by atomic mass is 16.6. The zero-order chi connectivity index (χ0) is 12.3. The summed E-state index contributed by atoms with van der Waals surface area (Å²) in [7, 11) is 0. The van der Waals surface area contributed by atoms with Gasteiger partial charge in [-0.15, -0.1) is 0 Å². The van der Waals surface area contributed by atoms with Crippen LogP contribution in [0, 0.1) is 0 Å². The fraction of sp³-hybridized carbons (Fsp3) is 0.333. The lowest BCUT2D eigenvalue weighted by Crippen LogP contribution is -2.37. The van der Waals surface area contributed by atoms with Crippen molar-refractivity contribution in [2.24, 2.45) is 0 Å². The molecular weight excluding hydrogens is 222 g/mol. The number of carbonyl (C=O) groups is 2. The van der Waals surface area contributed by atoms with Crippen molar-refractivity contribution in [3.05, 3.63) is 35.9 Å². The first-order valence-corrected chi connectivity index (χ1v) is 5.41. The Morgan fingerprint density at radius 3 is 2.76 bits per heavy atom. The second-order valence-electron chi connectivity index (χ2n) is 3.61. The van der Waals surface area contributed by atoms with E-state index in [4.69, 9.17) is 9.47 Å². The number of carbonyl (C=O) groups excluding carboxylic acids is 2. The molecule has 1 saturated heterocycles. The topological polar surface area (TPSA) is 64.6 Å². The lowest BCUT2D eigenvalue weighted by Gasteiger charge is -2.15. The molecule has 1 fully saturated rings. The van der Waals surface area contributed by atoms with E-state index in [-0.39, 0.29) is 6.61 Å². The highest BCUT2D eigenvalue weighted by Crippen LogP contribution is 2.26. The molecule has 1 aromatic rings. The highest BCUT2D eigenvalue weighted by molar-refractivity contribution is 5.85. The van der Waals surface area contributed by atoms with E-state index in [1.54, 1.807) is 19.1 Å². The number of cyclic esters (lactones) is 1. The van der Waals surface area contributed by atoms with Crippen molar-refractivity contribution in [3.63, 3.8) is 0 Å². The summed E-state index contributed by atoms with van der Waals surface area (Å²) in [4.78, 5) is 22.9. The standard InChI is InChI=1S/C12H13NO4/c1-2-16-11(14)9-10(17-12(15)13-9)8-6-4-3-5-7-8/h3-7,9-10H,2H2,1H3,(H,13,15). The molecule has 5 heteroatoms. The molecule has 0 saturated carbocycles. The Kier molecular flexibility index (Phi) is 3.27. The third kappa shape index (κ3) is 2.38. The van der Waals surface area contributed by atoms with Crippen molar-refractivity contribution < 1.29 is 19.1 Å². The third-order valence-corrected chi connectivity index (χ3v) is 2.48. The molecule has 2 rings (SSSR count). The zero-order valence-corrected chi connectivity index (χ0v) is 9.38. The summed E-state index contributed by atoms with van der Waals surface area (Å²) in [5.41, 5.74) is 0.768. The number of ether oxygens (including phenoxy) is 2. The number of esters is 1. The smallest absolute Gasteiger partial charge is 0.408 e. The predicted molar refractivity (Wildman–Crippen MR) is 59.2 cm³/mol. The van der Waals surface area contributed by atoms with Crippen LogP contribution in [0.2, 0.25) is 0 Å². The van der Waals surface area contributed by atoms with Gasteiger partial charge in [-0.1, -0.05) is 30.3 Å². The van der Waals surface area contributed by atoms with Crippen LogP contribution in [0.3, 0.4) is 0 Å². The summed E-state index contributed by atoms with van der Waals surface area (Å²) < 4.78 is 9.97.